The average molecular weight is 306 g/mol. The summed E-state index contributed by atoms with van der Waals surface area (Å²) in [7, 11) is -5.01. The molecule has 0 aliphatic carbocycles. The molecule has 0 spiro atoms. The van der Waals surface area contributed by atoms with Crippen LogP contribution in [0.1, 0.15) is 5.56 Å². The molecule has 19 heavy (non-hydrogen) atoms. The van der Waals surface area contributed by atoms with Gasteiger partial charge in [0.05, 0.1) is 0 Å². The van der Waals surface area contributed by atoms with Crippen LogP contribution in [0.5, 0.6) is 5.75 Å². The Morgan fingerprint density at radius 2 is 2.00 bits per heavy atom. The smallest absolute Gasteiger partial charge is 0.369 e. The van der Waals surface area contributed by atoms with Crippen LogP contribution in [0.4, 0.5) is 9.57 Å². The fraction of sp³-hybridized carbons (Fsp3) is 0.455. The second-order valence-electron chi connectivity index (χ2n) is 4.21. The molecule has 8 heteroatoms. The second kappa shape index (κ2) is 5.98. The van der Waals surface area contributed by atoms with E-state index in [0.29, 0.717) is 5.75 Å². The van der Waals surface area contributed by atoms with E-state index in [1.165, 1.54) is 12.1 Å². The van der Waals surface area contributed by atoms with Crippen molar-refractivity contribution in [2.75, 3.05) is 31.1 Å². The number of anilines is 1. The average Bonchev–Trinajstić information content (AvgIpc) is 2.37. The van der Waals surface area contributed by atoms with Gasteiger partial charge in [0, 0.05) is 43.7 Å². The van der Waals surface area contributed by atoms with Gasteiger partial charge < -0.3 is 14.4 Å². The van der Waals surface area contributed by atoms with E-state index in [1.54, 1.807) is 0 Å². The summed E-state index contributed by atoms with van der Waals surface area (Å²) in [6, 6.07) is 4.89. The number of hydrogen-bond donors (Lipinski definition) is 2. The Hall–Kier alpha value is -0.990. The first-order chi connectivity index (χ1) is 8.98. The molecule has 1 aromatic carbocycles. The lowest BCUT2D eigenvalue weighted by Gasteiger charge is -2.30. The molecule has 0 amide bonds. The summed E-state index contributed by atoms with van der Waals surface area (Å²) in [5.74, 6) is 0.394. The molecule has 0 aromatic heterocycles. The first-order valence-electron chi connectivity index (χ1n) is 5.82. The maximum absolute atomic E-state index is 12.6. The molecule has 1 aromatic rings. The molecule has 1 fully saturated rings. The zero-order chi connectivity index (χ0) is 13.9. The van der Waals surface area contributed by atoms with Crippen molar-refractivity contribution in [2.24, 2.45) is 0 Å². The SMILES string of the molecule is O=S(=O)(F)Oc1cc(CS)cc(N2CCNCC2)c1. The quantitative estimate of drug-likeness (QED) is 0.645. The van der Waals surface area contributed by atoms with Gasteiger partial charge in [-0.1, -0.05) is 3.89 Å². The highest BCUT2D eigenvalue weighted by Gasteiger charge is 2.15. The lowest BCUT2D eigenvalue weighted by atomic mass is 10.2. The number of nitrogens with zero attached hydrogens (tertiary/aromatic N) is 1. The zero-order valence-electron chi connectivity index (χ0n) is 10.2. The van der Waals surface area contributed by atoms with E-state index in [2.05, 4.69) is 27.0 Å². The van der Waals surface area contributed by atoms with Gasteiger partial charge in [0.1, 0.15) is 5.75 Å². The number of rotatable bonds is 4. The Morgan fingerprint density at radius 1 is 1.32 bits per heavy atom. The minimum Gasteiger partial charge on any atom is -0.369 e. The van der Waals surface area contributed by atoms with Crippen molar-refractivity contribution in [1.82, 2.24) is 5.32 Å². The Kier molecular flexibility index (Phi) is 4.54. The van der Waals surface area contributed by atoms with Crippen molar-refractivity contribution in [3.05, 3.63) is 23.8 Å². The maximum atomic E-state index is 12.6. The van der Waals surface area contributed by atoms with Crippen molar-refractivity contribution < 1.29 is 16.5 Å². The fourth-order valence-electron chi connectivity index (χ4n) is 2.00. The molecule has 5 nitrogen and oxygen atoms in total. The largest absolute Gasteiger partial charge is 0.488 e. The van der Waals surface area contributed by atoms with Gasteiger partial charge in [0.25, 0.3) is 0 Å². The summed E-state index contributed by atoms with van der Waals surface area (Å²) in [6.07, 6.45) is 0. The van der Waals surface area contributed by atoms with E-state index >= 15 is 0 Å². The molecule has 1 aliphatic heterocycles. The molecule has 106 valence electrons. The number of piperazine rings is 1. The summed E-state index contributed by atoms with van der Waals surface area (Å²) in [5, 5.41) is 3.22. The van der Waals surface area contributed by atoms with Gasteiger partial charge in [-0.25, -0.2) is 0 Å². The van der Waals surface area contributed by atoms with Crippen LogP contribution < -0.4 is 14.4 Å². The van der Waals surface area contributed by atoms with Crippen LogP contribution in [0.25, 0.3) is 0 Å². The molecule has 2 rings (SSSR count). The summed E-state index contributed by atoms with van der Waals surface area (Å²) >= 11 is 4.15. The van der Waals surface area contributed by atoms with Crippen molar-refractivity contribution >= 4 is 28.8 Å². The highest BCUT2D eigenvalue weighted by atomic mass is 32.3. The molecule has 0 radical (unpaired) electrons. The van der Waals surface area contributed by atoms with Crippen molar-refractivity contribution in [2.45, 2.75) is 5.75 Å². The van der Waals surface area contributed by atoms with Crippen LogP contribution in [-0.4, -0.2) is 34.6 Å². The minimum atomic E-state index is -5.01. The van der Waals surface area contributed by atoms with E-state index in [4.69, 9.17) is 0 Å². The number of thiol groups is 1. The fourth-order valence-corrected chi connectivity index (χ4v) is 2.51. The van der Waals surface area contributed by atoms with Crippen LogP contribution in [0.2, 0.25) is 0 Å². The van der Waals surface area contributed by atoms with Crippen molar-refractivity contribution in [3.8, 4) is 5.75 Å². The normalized spacial score (nSPS) is 16.4. The Bertz CT molecular complexity index is 545. The summed E-state index contributed by atoms with van der Waals surface area (Å²) in [5.41, 5.74) is 1.59. The third-order valence-electron chi connectivity index (χ3n) is 2.81. The van der Waals surface area contributed by atoms with E-state index in [0.717, 1.165) is 37.4 Å². The summed E-state index contributed by atoms with van der Waals surface area (Å²) in [6.45, 7) is 3.31. The number of hydrogen-bond acceptors (Lipinski definition) is 6. The molecular formula is C11H15FN2O3S2. The van der Waals surface area contributed by atoms with Crippen molar-refractivity contribution in [1.29, 1.82) is 0 Å². The minimum absolute atomic E-state index is 0.0254. The van der Waals surface area contributed by atoms with E-state index in [9.17, 15) is 12.3 Å². The summed E-state index contributed by atoms with van der Waals surface area (Å²) < 4.78 is 38.0. The predicted octanol–water partition coefficient (Wildman–Crippen LogP) is 1.12. The highest BCUT2D eigenvalue weighted by molar-refractivity contribution is 7.81. The van der Waals surface area contributed by atoms with Gasteiger partial charge in [0.15, 0.2) is 0 Å². The van der Waals surface area contributed by atoms with Gasteiger partial charge in [-0.3, -0.25) is 0 Å². The Labute approximate surface area is 117 Å². The van der Waals surface area contributed by atoms with Crippen LogP contribution in [-0.2, 0) is 16.3 Å². The van der Waals surface area contributed by atoms with Gasteiger partial charge in [-0.15, -0.1) is 0 Å². The van der Waals surface area contributed by atoms with Crippen LogP contribution in [0, 0.1) is 0 Å². The molecule has 0 bridgehead atoms. The molecule has 0 unspecified atom stereocenters. The van der Waals surface area contributed by atoms with Gasteiger partial charge in [-0.2, -0.15) is 21.0 Å². The van der Waals surface area contributed by atoms with Gasteiger partial charge in [-0.05, 0) is 17.7 Å². The highest BCUT2D eigenvalue weighted by Crippen LogP contribution is 2.26. The monoisotopic (exact) mass is 306 g/mol. The molecule has 0 atom stereocenters. The standard InChI is InChI=1S/C11H15FN2O3S2/c12-19(15,16)17-11-6-9(8-18)5-10(7-11)14-3-1-13-2-4-14/h5-7,13,18H,1-4,8H2. The van der Waals surface area contributed by atoms with E-state index < -0.39 is 10.5 Å². The van der Waals surface area contributed by atoms with Gasteiger partial charge in [0.2, 0.25) is 0 Å². The second-order valence-corrected chi connectivity index (χ2v) is 5.48. The van der Waals surface area contributed by atoms with E-state index in [-0.39, 0.29) is 5.75 Å². The lowest BCUT2D eigenvalue weighted by Crippen LogP contribution is -2.43. The zero-order valence-corrected chi connectivity index (χ0v) is 11.9. The molecule has 1 aliphatic rings. The third-order valence-corrected chi connectivity index (χ3v) is 3.57. The number of benzene rings is 1. The van der Waals surface area contributed by atoms with Crippen LogP contribution >= 0.6 is 12.6 Å². The van der Waals surface area contributed by atoms with Crippen molar-refractivity contribution in [3.63, 3.8) is 0 Å². The molecule has 0 saturated carbocycles. The molecular weight excluding hydrogens is 291 g/mol. The molecule has 1 heterocycles. The lowest BCUT2D eigenvalue weighted by molar-refractivity contribution is 0.440. The third kappa shape index (κ3) is 4.26. The van der Waals surface area contributed by atoms with Crippen LogP contribution in [0.15, 0.2) is 18.2 Å². The van der Waals surface area contributed by atoms with Gasteiger partial charge >= 0.3 is 10.5 Å². The number of nitrogens with one attached hydrogen (secondary N) is 1. The molecule has 1 N–H and O–H groups in total. The Morgan fingerprint density at radius 3 is 2.58 bits per heavy atom. The van der Waals surface area contributed by atoms with E-state index in [1.807, 2.05) is 6.07 Å². The Balaban J connectivity index is 2.29. The maximum Gasteiger partial charge on any atom is 0.488 e. The summed E-state index contributed by atoms with van der Waals surface area (Å²) in [4.78, 5) is 2.08. The topological polar surface area (TPSA) is 58.6 Å². The van der Waals surface area contributed by atoms with Crippen LogP contribution in [0.3, 0.4) is 0 Å². The molecule has 1 saturated heterocycles. The first-order valence-corrected chi connectivity index (χ1v) is 7.76. The number of halogens is 1. The predicted molar refractivity (Wildman–Crippen MR) is 74.9 cm³/mol. The first kappa shape index (κ1) is 14.4.